The zero-order chi connectivity index (χ0) is 45.0. The van der Waals surface area contributed by atoms with Crippen molar-refractivity contribution in [1.82, 2.24) is 4.57 Å². The molecule has 321 valence electrons. The number of benzene rings is 8. The molecule has 0 saturated carbocycles. The number of thiophene rings is 1. The van der Waals surface area contributed by atoms with E-state index >= 15 is 0 Å². The first kappa shape index (κ1) is 39.8. The van der Waals surface area contributed by atoms with Gasteiger partial charge < -0.3 is 14.6 Å². The Kier molecular flexibility index (Phi) is 8.29. The molecule has 0 fully saturated rings. The molecule has 0 saturated heterocycles. The van der Waals surface area contributed by atoms with E-state index in [-0.39, 0.29) is 22.3 Å². The lowest BCUT2D eigenvalue weighted by Crippen LogP contribution is -2.37. The van der Waals surface area contributed by atoms with Gasteiger partial charge in [0.25, 0.3) is 0 Å². The summed E-state index contributed by atoms with van der Waals surface area (Å²) in [5.41, 5.74) is 21.4. The summed E-state index contributed by atoms with van der Waals surface area (Å²) in [4.78, 5) is 0. The van der Waals surface area contributed by atoms with Crippen LogP contribution in [0, 0.1) is 0 Å². The molecule has 1 radical (unpaired) electrons. The fourth-order valence-corrected chi connectivity index (χ4v) is 12.6. The summed E-state index contributed by atoms with van der Waals surface area (Å²) in [5, 5.41) is 9.13. The highest BCUT2D eigenvalue weighted by molar-refractivity contribution is 7.25. The van der Waals surface area contributed by atoms with Crippen LogP contribution in [0.1, 0.15) is 94.9 Å². The molecule has 66 heavy (non-hydrogen) atoms. The first-order valence-electron chi connectivity index (χ1n) is 23.6. The second-order valence-corrected chi connectivity index (χ2v) is 22.7. The smallest absolute Gasteiger partial charge is 0.198 e. The number of hydrogen-bond donors (Lipinski definition) is 1. The van der Waals surface area contributed by atoms with E-state index in [9.17, 15) is 0 Å². The van der Waals surface area contributed by atoms with Gasteiger partial charge in [0.1, 0.15) is 11.9 Å². The van der Waals surface area contributed by atoms with E-state index in [1.54, 1.807) is 0 Å². The topological polar surface area (TPSA) is 26.2 Å². The van der Waals surface area contributed by atoms with Crippen LogP contribution in [-0.2, 0) is 22.7 Å². The molecule has 2 aromatic heterocycles. The third-order valence-corrected chi connectivity index (χ3v) is 16.2. The van der Waals surface area contributed by atoms with Crippen molar-refractivity contribution in [3.63, 3.8) is 0 Å². The summed E-state index contributed by atoms with van der Waals surface area (Å²) in [6.07, 6.45) is 0.835. The SMILES string of the molecule is CC(C)(C)c1ccc(Nc2cc3sc4cc(C(C)(C)C)ccc4c3cc2-c2ccc3c4cc5c(cc4n4c3c2[B]c2cc3c(cc2-4)CC(c2ccccc2)O3)C(C)(C)c2ccccc2-5)cc1. The van der Waals surface area contributed by atoms with Crippen LogP contribution in [0.15, 0.2) is 146 Å². The first-order chi connectivity index (χ1) is 31.7. The number of rotatable bonds is 4. The largest absolute Gasteiger partial charge is 0.485 e. The van der Waals surface area contributed by atoms with Crippen molar-refractivity contribution in [2.45, 2.75) is 84.2 Å². The predicted octanol–water partition coefficient (Wildman–Crippen LogP) is 15.1. The van der Waals surface area contributed by atoms with E-state index in [4.69, 9.17) is 4.74 Å². The van der Waals surface area contributed by atoms with E-state index in [2.05, 4.69) is 218 Å². The van der Waals surface area contributed by atoms with Gasteiger partial charge in [-0.2, -0.15) is 0 Å². The minimum atomic E-state index is -0.124. The summed E-state index contributed by atoms with van der Waals surface area (Å²) in [6, 6.07) is 55.2. The Morgan fingerprint density at radius 3 is 2.12 bits per heavy atom. The van der Waals surface area contributed by atoms with Crippen molar-refractivity contribution in [2.24, 2.45) is 0 Å². The van der Waals surface area contributed by atoms with E-state index in [1.165, 1.54) is 114 Å². The van der Waals surface area contributed by atoms with Crippen molar-refractivity contribution in [3.8, 4) is 33.7 Å². The minimum Gasteiger partial charge on any atom is -0.485 e. The number of nitrogens with one attached hydrogen (secondary N) is 1. The first-order valence-corrected chi connectivity index (χ1v) is 24.4. The molecule has 10 aromatic rings. The van der Waals surface area contributed by atoms with Gasteiger partial charge in [-0.25, -0.2) is 0 Å². The number of hydrogen-bond acceptors (Lipinski definition) is 3. The van der Waals surface area contributed by atoms with E-state index in [0.29, 0.717) is 0 Å². The van der Waals surface area contributed by atoms with E-state index in [1.807, 2.05) is 11.3 Å². The van der Waals surface area contributed by atoms with Crippen LogP contribution in [0.3, 0.4) is 0 Å². The molecular weight excluding hydrogens is 820 g/mol. The Morgan fingerprint density at radius 1 is 0.621 bits per heavy atom. The molecule has 2 aliphatic heterocycles. The minimum absolute atomic E-state index is 0.00952. The van der Waals surface area contributed by atoms with Crippen LogP contribution >= 0.6 is 11.3 Å². The van der Waals surface area contributed by atoms with Gasteiger partial charge in [-0.3, -0.25) is 0 Å². The van der Waals surface area contributed by atoms with Gasteiger partial charge >= 0.3 is 0 Å². The van der Waals surface area contributed by atoms with Crippen LogP contribution in [0.25, 0.3) is 69.9 Å². The third-order valence-electron chi connectivity index (χ3n) is 15.1. The molecular formula is C61H52BN2OS. The zero-order valence-electron chi connectivity index (χ0n) is 39.0. The van der Waals surface area contributed by atoms with Crippen molar-refractivity contribution >= 4 is 82.9 Å². The van der Waals surface area contributed by atoms with Gasteiger partial charge in [0, 0.05) is 76.5 Å². The monoisotopic (exact) mass is 871 g/mol. The van der Waals surface area contributed by atoms with Crippen LogP contribution in [0.2, 0.25) is 0 Å². The van der Waals surface area contributed by atoms with E-state index < -0.39 is 0 Å². The normalized spacial score (nSPS) is 15.7. The molecule has 1 N–H and O–H groups in total. The quantitative estimate of drug-likeness (QED) is 0.178. The Labute approximate surface area is 392 Å². The average Bonchev–Trinajstić information content (AvgIpc) is 4.03. The maximum atomic E-state index is 6.81. The van der Waals surface area contributed by atoms with Crippen LogP contribution in [0.4, 0.5) is 11.4 Å². The standard InChI is InChI=1S/C61H52BN2OS/c1-59(2,3)36-18-21-38(22-19-36)63-50-33-56-46(40-23-20-37(60(4,5)6)28-55(40)66-56)30-44(50)41-24-25-42-45-29-43-39-16-12-13-17-47(39)61(7,8)48(43)31-51(45)64-52-26-35-27-53(34-14-10-9-11-15-34)65-54(35)32-49(52)62-57(41)58(42)64/h9-26,28-33,53,63H,27H2,1-8H3. The molecule has 1 unspecified atom stereocenters. The maximum absolute atomic E-state index is 6.81. The highest BCUT2D eigenvalue weighted by Gasteiger charge is 2.38. The molecule has 0 bridgehead atoms. The van der Waals surface area contributed by atoms with Crippen molar-refractivity contribution in [2.75, 3.05) is 5.32 Å². The number of aromatic nitrogens is 1. The molecule has 13 rings (SSSR count). The molecule has 0 amide bonds. The number of ether oxygens (including phenoxy) is 1. The fraction of sp³-hybridized carbons (Fsp3) is 0.213. The second-order valence-electron chi connectivity index (χ2n) is 21.6. The van der Waals surface area contributed by atoms with Gasteiger partial charge in [-0.05, 0) is 115 Å². The van der Waals surface area contributed by atoms with Crippen LogP contribution in [-0.4, -0.2) is 11.8 Å². The lowest BCUT2D eigenvalue weighted by atomic mass is 9.59. The van der Waals surface area contributed by atoms with Crippen molar-refractivity contribution < 1.29 is 4.74 Å². The summed E-state index contributed by atoms with van der Waals surface area (Å²) >= 11 is 1.90. The summed E-state index contributed by atoms with van der Waals surface area (Å²) in [7, 11) is 2.45. The molecule has 1 aliphatic carbocycles. The molecule has 1 atom stereocenters. The average molecular weight is 872 g/mol. The van der Waals surface area contributed by atoms with Crippen LogP contribution in [0.5, 0.6) is 5.75 Å². The molecule has 0 spiro atoms. The fourth-order valence-electron chi connectivity index (χ4n) is 11.4. The van der Waals surface area contributed by atoms with Gasteiger partial charge in [-0.15, -0.1) is 11.3 Å². The Hall–Kier alpha value is -6.56. The Bertz CT molecular complexity index is 3690. The number of anilines is 2. The van der Waals surface area contributed by atoms with Gasteiger partial charge in [-0.1, -0.05) is 152 Å². The Balaban J connectivity index is 1.07. The van der Waals surface area contributed by atoms with Crippen LogP contribution < -0.4 is 21.0 Å². The summed E-state index contributed by atoms with van der Waals surface area (Å²) in [6.45, 7) is 18.5. The van der Waals surface area contributed by atoms with E-state index in [0.717, 1.165) is 23.5 Å². The highest BCUT2D eigenvalue weighted by atomic mass is 32.1. The molecule has 3 aliphatic rings. The molecule has 8 aromatic carbocycles. The Morgan fingerprint density at radius 2 is 1.33 bits per heavy atom. The zero-order valence-corrected chi connectivity index (χ0v) is 39.8. The maximum Gasteiger partial charge on any atom is 0.198 e. The summed E-state index contributed by atoms with van der Waals surface area (Å²) in [5.74, 6) is 0.979. The van der Waals surface area contributed by atoms with Gasteiger partial charge in [0.15, 0.2) is 7.28 Å². The molecule has 4 heterocycles. The highest BCUT2D eigenvalue weighted by Crippen LogP contribution is 2.52. The number of fused-ring (bicyclic) bond motifs is 12. The molecule has 5 heteroatoms. The van der Waals surface area contributed by atoms with Gasteiger partial charge in [0.05, 0.1) is 5.52 Å². The second kappa shape index (κ2) is 13.7. The molecule has 3 nitrogen and oxygen atoms in total. The lowest BCUT2D eigenvalue weighted by Gasteiger charge is -2.25. The summed E-state index contributed by atoms with van der Waals surface area (Å²) < 4.78 is 12.0. The number of nitrogens with zero attached hydrogens (tertiary/aromatic N) is 1. The van der Waals surface area contributed by atoms with Crippen molar-refractivity contribution in [1.29, 1.82) is 0 Å². The lowest BCUT2D eigenvalue weighted by molar-refractivity contribution is 0.239. The van der Waals surface area contributed by atoms with Gasteiger partial charge in [0.2, 0.25) is 0 Å². The predicted molar refractivity (Wildman–Crippen MR) is 282 cm³/mol. The van der Waals surface area contributed by atoms with Crippen molar-refractivity contribution in [3.05, 3.63) is 179 Å². The third kappa shape index (κ3) is 5.88.